The zero-order valence-corrected chi connectivity index (χ0v) is 9.73. The molecule has 1 unspecified atom stereocenters. The number of hydrogen-bond acceptors (Lipinski definition) is 2. The second kappa shape index (κ2) is 4.91. The number of carboxylic acid groups (broad SMARTS) is 1. The second-order valence-corrected chi connectivity index (χ2v) is 4.20. The van der Waals surface area contributed by atoms with Crippen molar-refractivity contribution in [2.24, 2.45) is 5.92 Å². The molecular weight excluding hydrogens is 216 g/mol. The maximum absolute atomic E-state index is 10.7. The van der Waals surface area contributed by atoms with Crippen LogP contribution in [0, 0.1) is 5.92 Å². The van der Waals surface area contributed by atoms with E-state index in [1.54, 1.807) is 6.92 Å². The van der Waals surface area contributed by atoms with Gasteiger partial charge in [-0.15, -0.1) is 0 Å². The fourth-order valence-electron chi connectivity index (χ4n) is 1.76. The van der Waals surface area contributed by atoms with E-state index in [0.717, 1.165) is 16.6 Å². The molecule has 0 saturated heterocycles. The number of carbonyl (C=O) groups is 1. The molecular formula is C13H16N2O2. The van der Waals surface area contributed by atoms with E-state index >= 15 is 0 Å². The van der Waals surface area contributed by atoms with Gasteiger partial charge in [0.1, 0.15) is 0 Å². The van der Waals surface area contributed by atoms with Gasteiger partial charge in [0.05, 0.1) is 11.6 Å². The van der Waals surface area contributed by atoms with E-state index in [1.807, 2.05) is 30.5 Å². The lowest BCUT2D eigenvalue weighted by Gasteiger charge is -2.07. The summed E-state index contributed by atoms with van der Waals surface area (Å²) in [6.07, 6.45) is 2.53. The number of hydrogen-bond donors (Lipinski definition) is 3. The number of nitrogens with one attached hydrogen (secondary N) is 2. The summed E-state index contributed by atoms with van der Waals surface area (Å²) in [6, 6.07) is 8.02. The molecule has 1 aromatic heterocycles. The Balaban J connectivity index is 1.98. The summed E-state index contributed by atoms with van der Waals surface area (Å²) in [6.45, 7) is 2.38. The van der Waals surface area contributed by atoms with E-state index in [1.165, 1.54) is 0 Å². The van der Waals surface area contributed by atoms with Crippen molar-refractivity contribution in [1.29, 1.82) is 0 Å². The van der Waals surface area contributed by atoms with Gasteiger partial charge in [-0.3, -0.25) is 4.79 Å². The topological polar surface area (TPSA) is 65.1 Å². The Hall–Kier alpha value is -1.97. The summed E-state index contributed by atoms with van der Waals surface area (Å²) in [7, 11) is 0. The normalized spacial score (nSPS) is 12.5. The van der Waals surface area contributed by atoms with Gasteiger partial charge in [0, 0.05) is 23.6 Å². The fraction of sp³-hybridized carbons (Fsp3) is 0.308. The van der Waals surface area contributed by atoms with E-state index < -0.39 is 5.97 Å². The zero-order chi connectivity index (χ0) is 12.3. The number of anilines is 1. The second-order valence-electron chi connectivity index (χ2n) is 4.20. The minimum absolute atomic E-state index is 0.312. The molecule has 0 aliphatic heterocycles. The molecule has 4 heteroatoms. The first-order valence-electron chi connectivity index (χ1n) is 5.71. The van der Waals surface area contributed by atoms with Gasteiger partial charge in [0.15, 0.2) is 0 Å². The van der Waals surface area contributed by atoms with E-state index in [0.29, 0.717) is 13.0 Å². The van der Waals surface area contributed by atoms with Crippen LogP contribution in [0.1, 0.15) is 13.3 Å². The minimum atomic E-state index is -0.745. The molecule has 2 aromatic rings. The SMILES string of the molecule is CC(CCNc1c[nH]c2ccccc12)C(=O)O. The third-order valence-corrected chi connectivity index (χ3v) is 2.90. The summed E-state index contributed by atoms with van der Waals surface area (Å²) in [4.78, 5) is 13.8. The van der Waals surface area contributed by atoms with Crippen LogP contribution in [0.3, 0.4) is 0 Å². The molecule has 4 nitrogen and oxygen atoms in total. The molecule has 0 radical (unpaired) electrons. The highest BCUT2D eigenvalue weighted by Crippen LogP contribution is 2.22. The standard InChI is InChI=1S/C13H16N2O2/c1-9(13(16)17)6-7-14-12-8-15-11-5-3-2-4-10(11)12/h2-5,8-9,14-15H,6-7H2,1H3,(H,16,17). The van der Waals surface area contributed by atoms with Crippen LogP contribution in [-0.2, 0) is 4.79 Å². The Kier molecular flexibility index (Phi) is 3.32. The minimum Gasteiger partial charge on any atom is -0.481 e. The molecule has 0 amide bonds. The molecule has 1 aromatic carbocycles. The summed E-state index contributed by atoms with van der Waals surface area (Å²) < 4.78 is 0. The number of rotatable bonds is 5. The Morgan fingerprint density at radius 2 is 2.24 bits per heavy atom. The largest absolute Gasteiger partial charge is 0.481 e. The predicted molar refractivity (Wildman–Crippen MR) is 68.2 cm³/mol. The monoisotopic (exact) mass is 232 g/mol. The molecule has 0 aliphatic rings. The quantitative estimate of drug-likeness (QED) is 0.742. The number of benzene rings is 1. The lowest BCUT2D eigenvalue weighted by atomic mass is 10.1. The summed E-state index contributed by atoms with van der Waals surface area (Å²) in [5, 5.41) is 13.2. The summed E-state index contributed by atoms with van der Waals surface area (Å²) >= 11 is 0. The van der Waals surface area contributed by atoms with Crippen LogP contribution < -0.4 is 5.32 Å². The summed E-state index contributed by atoms with van der Waals surface area (Å²) in [5.41, 5.74) is 2.11. The van der Waals surface area contributed by atoms with Gasteiger partial charge >= 0.3 is 5.97 Å². The Morgan fingerprint density at radius 1 is 1.47 bits per heavy atom. The van der Waals surface area contributed by atoms with Crippen molar-refractivity contribution in [3.05, 3.63) is 30.5 Å². The van der Waals surface area contributed by atoms with Gasteiger partial charge in [-0.1, -0.05) is 25.1 Å². The maximum Gasteiger partial charge on any atom is 0.306 e. The summed E-state index contributed by atoms with van der Waals surface area (Å²) in [5.74, 6) is -1.06. The highest BCUT2D eigenvalue weighted by molar-refractivity contribution is 5.92. The molecule has 0 fully saturated rings. The molecule has 17 heavy (non-hydrogen) atoms. The van der Waals surface area contributed by atoms with Crippen LogP contribution in [0.15, 0.2) is 30.5 Å². The van der Waals surface area contributed by atoms with Crippen LogP contribution in [-0.4, -0.2) is 22.6 Å². The van der Waals surface area contributed by atoms with Gasteiger partial charge in [-0.25, -0.2) is 0 Å². The van der Waals surface area contributed by atoms with Gasteiger partial charge in [-0.2, -0.15) is 0 Å². The van der Waals surface area contributed by atoms with Crippen molar-refractivity contribution in [3.8, 4) is 0 Å². The van der Waals surface area contributed by atoms with Crippen molar-refractivity contribution in [2.45, 2.75) is 13.3 Å². The molecule has 0 saturated carbocycles. The molecule has 90 valence electrons. The zero-order valence-electron chi connectivity index (χ0n) is 9.73. The van der Waals surface area contributed by atoms with Crippen LogP contribution in [0.5, 0.6) is 0 Å². The average molecular weight is 232 g/mol. The van der Waals surface area contributed by atoms with Gasteiger partial charge < -0.3 is 15.4 Å². The van der Waals surface area contributed by atoms with Crippen LogP contribution >= 0.6 is 0 Å². The van der Waals surface area contributed by atoms with E-state index in [2.05, 4.69) is 10.3 Å². The third kappa shape index (κ3) is 2.58. The van der Waals surface area contributed by atoms with Crippen LogP contribution in [0.4, 0.5) is 5.69 Å². The lowest BCUT2D eigenvalue weighted by Crippen LogP contribution is -2.14. The number of carboxylic acids is 1. The molecule has 0 bridgehead atoms. The fourth-order valence-corrected chi connectivity index (χ4v) is 1.76. The smallest absolute Gasteiger partial charge is 0.306 e. The number of aromatic amines is 1. The number of aliphatic carboxylic acids is 1. The van der Waals surface area contributed by atoms with Gasteiger partial charge in [-0.05, 0) is 12.5 Å². The van der Waals surface area contributed by atoms with E-state index in [4.69, 9.17) is 5.11 Å². The lowest BCUT2D eigenvalue weighted by molar-refractivity contribution is -0.141. The van der Waals surface area contributed by atoms with Crippen molar-refractivity contribution in [3.63, 3.8) is 0 Å². The molecule has 0 spiro atoms. The third-order valence-electron chi connectivity index (χ3n) is 2.90. The molecule has 0 aliphatic carbocycles. The van der Waals surface area contributed by atoms with Crippen LogP contribution in [0.25, 0.3) is 10.9 Å². The molecule has 3 N–H and O–H groups in total. The van der Waals surface area contributed by atoms with Crippen molar-refractivity contribution < 1.29 is 9.90 Å². The number of para-hydroxylation sites is 1. The van der Waals surface area contributed by atoms with E-state index in [-0.39, 0.29) is 5.92 Å². The number of H-pyrrole nitrogens is 1. The van der Waals surface area contributed by atoms with Crippen molar-refractivity contribution >= 4 is 22.6 Å². The van der Waals surface area contributed by atoms with Crippen molar-refractivity contribution in [2.75, 3.05) is 11.9 Å². The highest BCUT2D eigenvalue weighted by atomic mass is 16.4. The Labute approximate surface area is 99.7 Å². The Bertz CT molecular complexity index is 519. The first-order chi connectivity index (χ1) is 8.18. The van der Waals surface area contributed by atoms with Gasteiger partial charge in [0.25, 0.3) is 0 Å². The van der Waals surface area contributed by atoms with Crippen molar-refractivity contribution in [1.82, 2.24) is 4.98 Å². The molecule has 2 rings (SSSR count). The first-order valence-corrected chi connectivity index (χ1v) is 5.71. The van der Waals surface area contributed by atoms with E-state index in [9.17, 15) is 4.79 Å². The van der Waals surface area contributed by atoms with Crippen LogP contribution in [0.2, 0.25) is 0 Å². The Morgan fingerprint density at radius 3 is 3.00 bits per heavy atom. The molecule has 1 heterocycles. The molecule has 1 atom stereocenters. The van der Waals surface area contributed by atoms with Gasteiger partial charge in [0.2, 0.25) is 0 Å². The maximum atomic E-state index is 10.7. The first kappa shape index (κ1) is 11.5. The highest BCUT2D eigenvalue weighted by Gasteiger charge is 2.10. The number of aromatic nitrogens is 1. The average Bonchev–Trinajstić information content (AvgIpc) is 2.72. The number of fused-ring (bicyclic) bond motifs is 1. The predicted octanol–water partition coefficient (Wildman–Crippen LogP) is 2.69.